The number of carbonyl (C=O) groups excluding carboxylic acids is 2. The highest BCUT2D eigenvalue weighted by Gasteiger charge is 2.34. The quantitative estimate of drug-likeness (QED) is 0.659. The summed E-state index contributed by atoms with van der Waals surface area (Å²) in [5, 5.41) is 14.3. The van der Waals surface area contributed by atoms with Crippen LogP contribution in [0.4, 0.5) is 0 Å². The number of nitrogens with zero attached hydrogens (tertiary/aromatic N) is 1. The number of hydrogen-bond acceptors (Lipinski definition) is 6. The van der Waals surface area contributed by atoms with Crippen molar-refractivity contribution in [3.63, 3.8) is 0 Å². The number of benzene rings is 1. The highest BCUT2D eigenvalue weighted by molar-refractivity contribution is 5.88. The van der Waals surface area contributed by atoms with E-state index in [4.69, 9.17) is 9.47 Å². The third-order valence-corrected chi connectivity index (χ3v) is 4.81. The third kappa shape index (κ3) is 5.67. The van der Waals surface area contributed by atoms with E-state index in [1.165, 1.54) is 7.11 Å². The van der Waals surface area contributed by atoms with Crippen LogP contribution in [0.3, 0.4) is 0 Å². The van der Waals surface area contributed by atoms with Crippen molar-refractivity contribution in [3.8, 4) is 5.88 Å². The predicted octanol–water partition coefficient (Wildman–Crippen LogP) is 3.01. The summed E-state index contributed by atoms with van der Waals surface area (Å²) in [6, 6.07) is 6.69. The van der Waals surface area contributed by atoms with Gasteiger partial charge in [-0.25, -0.2) is 9.78 Å². The Balaban J connectivity index is 2.10. The molecule has 0 spiro atoms. The average molecular weight is 402 g/mol. The first-order valence-corrected chi connectivity index (χ1v) is 9.64. The molecule has 7 heteroatoms. The minimum atomic E-state index is -0.890. The van der Waals surface area contributed by atoms with E-state index >= 15 is 0 Å². The first kappa shape index (κ1) is 22.6. The normalized spacial score (nSPS) is 13.8. The molecule has 0 saturated heterocycles. The van der Waals surface area contributed by atoms with Gasteiger partial charge >= 0.3 is 5.97 Å². The Morgan fingerprint density at radius 3 is 2.45 bits per heavy atom. The van der Waals surface area contributed by atoms with Crippen LogP contribution >= 0.6 is 0 Å². The van der Waals surface area contributed by atoms with Crippen molar-refractivity contribution < 1.29 is 24.2 Å². The molecular weight excluding hydrogens is 372 g/mol. The molecule has 2 unspecified atom stereocenters. The van der Waals surface area contributed by atoms with Crippen LogP contribution in [0, 0.1) is 11.3 Å². The molecule has 1 heterocycles. The Morgan fingerprint density at radius 1 is 1.17 bits per heavy atom. The summed E-state index contributed by atoms with van der Waals surface area (Å²) in [5.41, 5.74) is -0.0869. The maximum atomic E-state index is 12.7. The van der Waals surface area contributed by atoms with Crippen LogP contribution in [0.1, 0.15) is 46.3 Å². The molecule has 1 aromatic heterocycles. The molecule has 7 nitrogen and oxygen atoms in total. The van der Waals surface area contributed by atoms with Gasteiger partial charge in [-0.05, 0) is 43.7 Å². The number of rotatable bonds is 8. The smallest absolute Gasteiger partial charge is 0.328 e. The van der Waals surface area contributed by atoms with E-state index in [0.717, 1.165) is 16.3 Å². The lowest BCUT2D eigenvalue weighted by atomic mass is 9.92. The summed E-state index contributed by atoms with van der Waals surface area (Å²) in [4.78, 5) is 28.9. The van der Waals surface area contributed by atoms with Gasteiger partial charge in [0, 0.05) is 17.6 Å². The number of pyridine rings is 1. The molecule has 158 valence electrons. The van der Waals surface area contributed by atoms with Crippen molar-refractivity contribution in [1.29, 1.82) is 0 Å². The Labute approximate surface area is 171 Å². The highest BCUT2D eigenvalue weighted by atomic mass is 16.5. The summed E-state index contributed by atoms with van der Waals surface area (Å²) in [5.74, 6) is -0.503. The van der Waals surface area contributed by atoms with E-state index in [1.807, 2.05) is 32.0 Å². The van der Waals surface area contributed by atoms with Crippen molar-refractivity contribution in [2.24, 2.45) is 11.3 Å². The molecule has 0 aliphatic rings. The van der Waals surface area contributed by atoms with Crippen molar-refractivity contribution >= 4 is 22.6 Å². The second-order valence-electron chi connectivity index (χ2n) is 8.20. The zero-order valence-electron chi connectivity index (χ0n) is 17.9. The summed E-state index contributed by atoms with van der Waals surface area (Å²) in [7, 11) is 1.30. The van der Waals surface area contributed by atoms with Crippen LogP contribution in [-0.2, 0) is 14.3 Å². The summed E-state index contributed by atoms with van der Waals surface area (Å²) in [6.07, 6.45) is 1.12. The molecule has 0 bridgehead atoms. The van der Waals surface area contributed by atoms with E-state index < -0.39 is 23.5 Å². The van der Waals surface area contributed by atoms with Crippen LogP contribution in [0.5, 0.6) is 5.88 Å². The standard InChI is InChI=1S/C22H30N2O5/c1-13(2)19(20(26)28-6)24-21(27)22(4,5)12-29-18-10-17-9-15(14(3)25)7-8-16(17)11-23-18/h7-11,13-14,19,25H,12H2,1-6H3,(H,24,27). The van der Waals surface area contributed by atoms with Gasteiger partial charge < -0.3 is 19.9 Å². The summed E-state index contributed by atoms with van der Waals surface area (Å²) < 4.78 is 10.5. The molecule has 0 aliphatic heterocycles. The number of amides is 1. The van der Waals surface area contributed by atoms with E-state index in [2.05, 4.69) is 10.3 Å². The minimum absolute atomic E-state index is 0.0828. The number of nitrogens with one attached hydrogen (secondary N) is 1. The van der Waals surface area contributed by atoms with Crippen LogP contribution in [-0.4, -0.2) is 41.7 Å². The fraction of sp³-hybridized carbons (Fsp3) is 0.500. The maximum absolute atomic E-state index is 12.7. The number of fused-ring (bicyclic) bond motifs is 1. The number of hydrogen-bond donors (Lipinski definition) is 2. The molecule has 2 N–H and O–H groups in total. The molecular formula is C22H30N2O5. The van der Waals surface area contributed by atoms with E-state index in [1.54, 1.807) is 33.0 Å². The van der Waals surface area contributed by atoms with Crippen LogP contribution in [0.25, 0.3) is 10.8 Å². The van der Waals surface area contributed by atoms with Crippen LogP contribution in [0.2, 0.25) is 0 Å². The van der Waals surface area contributed by atoms with Gasteiger partial charge in [0.2, 0.25) is 11.8 Å². The molecule has 2 atom stereocenters. The molecule has 2 rings (SSSR count). The Bertz CT molecular complexity index is 877. The monoisotopic (exact) mass is 402 g/mol. The lowest BCUT2D eigenvalue weighted by Gasteiger charge is -2.27. The van der Waals surface area contributed by atoms with Crippen molar-refractivity contribution in [2.75, 3.05) is 13.7 Å². The van der Waals surface area contributed by atoms with Gasteiger partial charge in [0.15, 0.2) is 0 Å². The van der Waals surface area contributed by atoms with Crippen molar-refractivity contribution in [1.82, 2.24) is 10.3 Å². The van der Waals surface area contributed by atoms with Crippen molar-refractivity contribution in [2.45, 2.75) is 46.8 Å². The molecule has 0 saturated carbocycles. The lowest BCUT2D eigenvalue weighted by Crippen LogP contribution is -2.51. The Kier molecular flexibility index (Phi) is 7.19. The minimum Gasteiger partial charge on any atom is -0.477 e. The molecule has 0 radical (unpaired) electrons. The fourth-order valence-electron chi connectivity index (χ4n) is 2.76. The summed E-state index contributed by atoms with van der Waals surface area (Å²) in [6.45, 7) is 8.95. The number of methoxy groups -OCH3 is 1. The predicted molar refractivity (Wildman–Crippen MR) is 110 cm³/mol. The third-order valence-electron chi connectivity index (χ3n) is 4.81. The Morgan fingerprint density at radius 2 is 1.86 bits per heavy atom. The number of carbonyl (C=O) groups is 2. The number of ether oxygens (including phenoxy) is 2. The topological polar surface area (TPSA) is 97.8 Å². The molecule has 1 aromatic carbocycles. The molecule has 2 aromatic rings. The van der Waals surface area contributed by atoms with Crippen LogP contribution in [0.15, 0.2) is 30.5 Å². The zero-order chi connectivity index (χ0) is 21.8. The van der Waals surface area contributed by atoms with Crippen LogP contribution < -0.4 is 10.1 Å². The maximum Gasteiger partial charge on any atom is 0.328 e. The zero-order valence-corrected chi connectivity index (χ0v) is 17.9. The van der Waals surface area contributed by atoms with Gasteiger partial charge in [-0.3, -0.25) is 4.79 Å². The van der Waals surface area contributed by atoms with Gasteiger partial charge in [0.25, 0.3) is 0 Å². The number of aliphatic hydroxyl groups excluding tert-OH is 1. The van der Waals surface area contributed by atoms with Crippen molar-refractivity contribution in [3.05, 3.63) is 36.0 Å². The number of aromatic nitrogens is 1. The molecule has 0 aliphatic carbocycles. The second-order valence-corrected chi connectivity index (χ2v) is 8.20. The largest absolute Gasteiger partial charge is 0.477 e. The molecule has 29 heavy (non-hydrogen) atoms. The van der Waals surface area contributed by atoms with E-state index in [-0.39, 0.29) is 18.4 Å². The molecule has 0 fully saturated rings. The van der Waals surface area contributed by atoms with E-state index in [9.17, 15) is 14.7 Å². The SMILES string of the molecule is COC(=O)C(NC(=O)C(C)(C)COc1cc2cc(C(C)O)ccc2cn1)C(C)C. The average Bonchev–Trinajstić information content (AvgIpc) is 2.68. The number of esters is 1. The molecule has 1 amide bonds. The lowest BCUT2D eigenvalue weighted by molar-refractivity contribution is -0.148. The highest BCUT2D eigenvalue weighted by Crippen LogP contribution is 2.24. The van der Waals surface area contributed by atoms with Gasteiger partial charge in [-0.1, -0.05) is 26.0 Å². The first-order chi connectivity index (χ1) is 13.5. The fourth-order valence-corrected chi connectivity index (χ4v) is 2.76. The summed E-state index contributed by atoms with van der Waals surface area (Å²) >= 11 is 0. The van der Waals surface area contributed by atoms with Gasteiger partial charge in [-0.2, -0.15) is 0 Å². The Hall–Kier alpha value is -2.67. The van der Waals surface area contributed by atoms with Gasteiger partial charge in [0.05, 0.1) is 18.6 Å². The first-order valence-electron chi connectivity index (χ1n) is 9.64. The van der Waals surface area contributed by atoms with E-state index in [0.29, 0.717) is 5.88 Å². The second kappa shape index (κ2) is 9.22. The number of aliphatic hydroxyl groups is 1. The van der Waals surface area contributed by atoms with Gasteiger partial charge in [-0.15, -0.1) is 0 Å². The van der Waals surface area contributed by atoms with Gasteiger partial charge in [0.1, 0.15) is 12.6 Å².